The highest BCUT2D eigenvalue weighted by Crippen LogP contribution is 2.38. The summed E-state index contributed by atoms with van der Waals surface area (Å²) in [7, 11) is 0. The lowest BCUT2D eigenvalue weighted by Crippen LogP contribution is -2.33. The molecule has 1 aromatic rings. The molecule has 1 aromatic carbocycles. The lowest BCUT2D eigenvalue weighted by Gasteiger charge is -2.26. The highest BCUT2D eigenvalue weighted by Gasteiger charge is 2.46. The summed E-state index contributed by atoms with van der Waals surface area (Å²) in [5.74, 6) is -2.04. The van der Waals surface area contributed by atoms with Gasteiger partial charge in [0.2, 0.25) is 0 Å². The summed E-state index contributed by atoms with van der Waals surface area (Å²) < 4.78 is 17.5. The van der Waals surface area contributed by atoms with Gasteiger partial charge in [-0.05, 0) is 43.3 Å². The van der Waals surface area contributed by atoms with Gasteiger partial charge in [0.15, 0.2) is 0 Å². The van der Waals surface area contributed by atoms with Crippen molar-refractivity contribution in [1.82, 2.24) is 0 Å². The number of carbonyl (C=O) groups excluding carboxylic acids is 3. The van der Waals surface area contributed by atoms with Gasteiger partial charge in [-0.1, -0.05) is 28.1 Å². The molecule has 4 atom stereocenters. The third kappa shape index (κ3) is 3.92. The van der Waals surface area contributed by atoms with Crippen LogP contribution < -0.4 is 0 Å². The highest BCUT2D eigenvalue weighted by atomic mass is 79.9. The van der Waals surface area contributed by atoms with E-state index in [0.717, 1.165) is 10.0 Å². The number of hydrogen-bond donors (Lipinski definition) is 0. The van der Waals surface area contributed by atoms with Gasteiger partial charge in [-0.15, -0.1) is 0 Å². The number of esters is 3. The first kappa shape index (κ1) is 19.6. The van der Waals surface area contributed by atoms with Gasteiger partial charge in [0.25, 0.3) is 0 Å². The molecule has 0 N–H and O–H groups in total. The SMILES string of the molecule is C=C1C(=O)O[C@H]2CC3=C[C@@H](C/C(C)=C/[C@@H](OC(=O)c4ccc(Br)cc4)[C@H]12)OC3=O. The zero-order valence-corrected chi connectivity index (χ0v) is 17.3. The summed E-state index contributed by atoms with van der Waals surface area (Å²) >= 11 is 3.34. The van der Waals surface area contributed by atoms with E-state index in [1.54, 1.807) is 36.4 Å². The van der Waals surface area contributed by atoms with Crippen molar-refractivity contribution in [2.45, 2.75) is 38.1 Å². The Kier molecular flexibility index (Phi) is 5.17. The van der Waals surface area contributed by atoms with E-state index in [1.165, 1.54) is 0 Å². The number of hydrogen-bond acceptors (Lipinski definition) is 6. The summed E-state index contributed by atoms with van der Waals surface area (Å²) in [6, 6.07) is 6.82. The molecule has 2 heterocycles. The summed E-state index contributed by atoms with van der Waals surface area (Å²) in [4.78, 5) is 37.1. The number of benzene rings is 1. The highest BCUT2D eigenvalue weighted by molar-refractivity contribution is 9.10. The maximum Gasteiger partial charge on any atom is 0.338 e. The van der Waals surface area contributed by atoms with Crippen LogP contribution in [0.25, 0.3) is 0 Å². The van der Waals surface area contributed by atoms with Crippen LogP contribution in [0, 0.1) is 5.92 Å². The average molecular weight is 459 g/mol. The molecule has 1 fully saturated rings. The summed E-state index contributed by atoms with van der Waals surface area (Å²) in [6.45, 7) is 5.73. The third-order valence-corrected chi connectivity index (χ3v) is 5.83. The van der Waals surface area contributed by atoms with Crippen molar-refractivity contribution >= 4 is 33.8 Å². The van der Waals surface area contributed by atoms with E-state index in [-0.39, 0.29) is 18.1 Å². The predicted octanol–water partition coefficient (Wildman–Crippen LogP) is 3.66. The minimum absolute atomic E-state index is 0.198. The molecule has 1 saturated heterocycles. The molecule has 2 aliphatic heterocycles. The normalized spacial score (nSPS) is 30.5. The van der Waals surface area contributed by atoms with Crippen LogP contribution >= 0.6 is 15.9 Å². The lowest BCUT2D eigenvalue weighted by molar-refractivity contribution is -0.142. The molecule has 0 spiro atoms. The van der Waals surface area contributed by atoms with Gasteiger partial charge in [-0.25, -0.2) is 14.4 Å². The van der Waals surface area contributed by atoms with E-state index in [2.05, 4.69) is 22.5 Å². The van der Waals surface area contributed by atoms with Crippen LogP contribution in [0.3, 0.4) is 0 Å². The summed E-state index contributed by atoms with van der Waals surface area (Å²) in [6.07, 6.45) is 2.49. The molecule has 0 unspecified atom stereocenters. The fourth-order valence-corrected chi connectivity index (χ4v) is 4.15. The molecule has 4 rings (SSSR count). The molecule has 6 nitrogen and oxygen atoms in total. The van der Waals surface area contributed by atoms with E-state index in [0.29, 0.717) is 17.6 Å². The van der Waals surface area contributed by atoms with Gasteiger partial charge in [-0.2, -0.15) is 0 Å². The number of carbonyl (C=O) groups is 3. The van der Waals surface area contributed by atoms with Gasteiger partial charge >= 0.3 is 17.9 Å². The molecular weight excluding hydrogens is 440 g/mol. The Hall–Kier alpha value is -2.67. The van der Waals surface area contributed by atoms with Gasteiger partial charge in [0.1, 0.15) is 18.3 Å². The Morgan fingerprint density at radius 3 is 2.55 bits per heavy atom. The van der Waals surface area contributed by atoms with Crippen molar-refractivity contribution < 1.29 is 28.6 Å². The maximum atomic E-state index is 12.7. The summed E-state index contributed by atoms with van der Waals surface area (Å²) in [5.41, 5.74) is 1.98. The number of rotatable bonds is 2. The van der Waals surface area contributed by atoms with E-state index >= 15 is 0 Å². The fraction of sp³-hybridized carbons (Fsp3) is 0.318. The quantitative estimate of drug-likeness (QED) is 0.291. The zero-order valence-electron chi connectivity index (χ0n) is 15.7. The van der Waals surface area contributed by atoms with Crippen LogP contribution in [0.1, 0.15) is 30.1 Å². The summed E-state index contributed by atoms with van der Waals surface area (Å²) in [5, 5.41) is 0. The monoisotopic (exact) mass is 458 g/mol. The number of fused-ring (bicyclic) bond motifs is 2. The van der Waals surface area contributed by atoms with Crippen LogP contribution in [0.15, 0.2) is 64.2 Å². The molecular formula is C22H19BrO6. The number of ether oxygens (including phenoxy) is 3. The first-order valence-corrected chi connectivity index (χ1v) is 10.1. The fourth-order valence-electron chi connectivity index (χ4n) is 3.89. The van der Waals surface area contributed by atoms with Crippen LogP contribution in [0.5, 0.6) is 0 Å². The lowest BCUT2D eigenvalue weighted by atomic mass is 9.85. The molecule has 0 amide bonds. The second-order valence-electron chi connectivity index (χ2n) is 7.43. The Morgan fingerprint density at radius 2 is 1.83 bits per heavy atom. The van der Waals surface area contributed by atoms with E-state index in [9.17, 15) is 14.4 Å². The average Bonchev–Trinajstić information content (AvgIpc) is 3.13. The number of halogens is 1. The predicted molar refractivity (Wildman–Crippen MR) is 107 cm³/mol. The van der Waals surface area contributed by atoms with Crippen LogP contribution in [0.4, 0.5) is 0 Å². The molecule has 0 aromatic heterocycles. The van der Waals surface area contributed by atoms with Gasteiger partial charge in [0.05, 0.1) is 11.5 Å². The molecule has 29 heavy (non-hydrogen) atoms. The largest absolute Gasteiger partial charge is 0.458 e. The van der Waals surface area contributed by atoms with Crippen molar-refractivity contribution in [3.05, 3.63) is 69.8 Å². The van der Waals surface area contributed by atoms with Crippen molar-refractivity contribution in [3.63, 3.8) is 0 Å². The van der Waals surface area contributed by atoms with Crippen molar-refractivity contribution in [3.8, 4) is 0 Å². The van der Waals surface area contributed by atoms with Gasteiger partial charge in [0, 0.05) is 28.5 Å². The van der Waals surface area contributed by atoms with E-state index in [4.69, 9.17) is 14.2 Å². The van der Waals surface area contributed by atoms with Crippen LogP contribution in [0.2, 0.25) is 0 Å². The van der Waals surface area contributed by atoms with E-state index in [1.807, 2.05) is 6.92 Å². The second-order valence-corrected chi connectivity index (χ2v) is 8.34. The van der Waals surface area contributed by atoms with Gasteiger partial charge in [-0.3, -0.25) is 0 Å². The molecule has 2 bridgehead atoms. The first-order chi connectivity index (χ1) is 13.8. The standard InChI is InChI=1S/C22H19BrO6/c1-11-7-16-9-14(22(26)27-16)10-18-19(12(2)20(24)28-18)17(8-11)29-21(25)13-3-5-15(23)6-4-13/h3-6,8-9,16-19H,2,7,10H2,1H3/b11-8+/t16-,17-,18+,19+/m1/s1. The Labute approximate surface area is 176 Å². The van der Waals surface area contributed by atoms with Crippen molar-refractivity contribution in [2.75, 3.05) is 0 Å². The van der Waals surface area contributed by atoms with Crippen LogP contribution in [-0.2, 0) is 23.8 Å². The molecule has 0 saturated carbocycles. The minimum Gasteiger partial charge on any atom is -0.458 e. The van der Waals surface area contributed by atoms with Crippen molar-refractivity contribution in [2.24, 2.45) is 5.92 Å². The zero-order chi connectivity index (χ0) is 20.7. The Bertz CT molecular complexity index is 958. The first-order valence-electron chi connectivity index (χ1n) is 9.27. The minimum atomic E-state index is -0.747. The van der Waals surface area contributed by atoms with Gasteiger partial charge < -0.3 is 14.2 Å². The second kappa shape index (κ2) is 7.63. The third-order valence-electron chi connectivity index (χ3n) is 5.30. The maximum absolute atomic E-state index is 12.7. The van der Waals surface area contributed by atoms with Crippen molar-refractivity contribution in [1.29, 1.82) is 0 Å². The van der Waals surface area contributed by atoms with Crippen LogP contribution in [-0.4, -0.2) is 36.2 Å². The molecule has 7 heteroatoms. The Balaban J connectivity index is 1.67. The molecule has 0 radical (unpaired) electrons. The Morgan fingerprint density at radius 1 is 1.10 bits per heavy atom. The topological polar surface area (TPSA) is 78.9 Å². The molecule has 3 aliphatic rings. The van der Waals surface area contributed by atoms with E-state index < -0.39 is 36.0 Å². The molecule has 1 aliphatic carbocycles. The smallest absolute Gasteiger partial charge is 0.338 e. The molecule has 150 valence electrons.